The minimum absolute atomic E-state index is 0.306. The molecular formula is C13H16O2. The van der Waals surface area contributed by atoms with Gasteiger partial charge >= 0.3 is 5.97 Å². The molecule has 0 N–H and O–H groups in total. The Balaban J connectivity index is 2.62. The van der Waals surface area contributed by atoms with Crippen molar-refractivity contribution in [3.63, 3.8) is 0 Å². The van der Waals surface area contributed by atoms with Crippen molar-refractivity contribution < 1.29 is 9.53 Å². The summed E-state index contributed by atoms with van der Waals surface area (Å²) in [5.41, 5.74) is 2.78. The molecule has 0 aliphatic carbocycles. The molecule has 0 fully saturated rings. The zero-order valence-corrected chi connectivity index (χ0v) is 9.25. The van der Waals surface area contributed by atoms with Gasteiger partial charge in [0.05, 0.1) is 6.61 Å². The SMILES string of the molecule is C=C(Cc1cccc(C)c1)C(=O)OCC. The van der Waals surface area contributed by atoms with Gasteiger partial charge in [0.15, 0.2) is 0 Å². The predicted molar refractivity (Wildman–Crippen MR) is 60.7 cm³/mol. The van der Waals surface area contributed by atoms with Gasteiger partial charge in [0.1, 0.15) is 0 Å². The van der Waals surface area contributed by atoms with E-state index >= 15 is 0 Å². The minimum Gasteiger partial charge on any atom is -0.463 e. The molecule has 1 aromatic carbocycles. The quantitative estimate of drug-likeness (QED) is 0.556. The number of aryl methyl sites for hydroxylation is 1. The van der Waals surface area contributed by atoms with Crippen LogP contribution in [0.5, 0.6) is 0 Å². The molecular weight excluding hydrogens is 188 g/mol. The lowest BCUT2D eigenvalue weighted by molar-refractivity contribution is -0.138. The summed E-state index contributed by atoms with van der Waals surface area (Å²) in [7, 11) is 0. The second kappa shape index (κ2) is 5.35. The van der Waals surface area contributed by atoms with Crippen molar-refractivity contribution in [3.8, 4) is 0 Å². The molecule has 0 saturated heterocycles. The summed E-state index contributed by atoms with van der Waals surface area (Å²) in [5.74, 6) is -0.306. The van der Waals surface area contributed by atoms with E-state index in [1.165, 1.54) is 5.56 Å². The van der Waals surface area contributed by atoms with E-state index in [0.29, 0.717) is 18.6 Å². The highest BCUT2D eigenvalue weighted by Gasteiger charge is 2.08. The van der Waals surface area contributed by atoms with Gasteiger partial charge in [0, 0.05) is 12.0 Å². The zero-order valence-electron chi connectivity index (χ0n) is 9.25. The van der Waals surface area contributed by atoms with Gasteiger partial charge in [-0.05, 0) is 19.4 Å². The van der Waals surface area contributed by atoms with Crippen molar-refractivity contribution >= 4 is 5.97 Å². The Morgan fingerprint density at radius 3 is 2.80 bits per heavy atom. The van der Waals surface area contributed by atoms with Crippen molar-refractivity contribution in [2.24, 2.45) is 0 Å². The van der Waals surface area contributed by atoms with Crippen molar-refractivity contribution in [1.82, 2.24) is 0 Å². The maximum absolute atomic E-state index is 11.3. The summed E-state index contributed by atoms with van der Waals surface area (Å²) in [6.07, 6.45) is 0.556. The van der Waals surface area contributed by atoms with Crippen molar-refractivity contribution in [3.05, 3.63) is 47.5 Å². The predicted octanol–water partition coefficient (Wildman–Crippen LogP) is 2.66. The minimum atomic E-state index is -0.306. The van der Waals surface area contributed by atoms with Crippen LogP contribution in [0.15, 0.2) is 36.4 Å². The van der Waals surface area contributed by atoms with E-state index in [0.717, 1.165) is 5.56 Å². The Morgan fingerprint density at radius 1 is 1.47 bits per heavy atom. The van der Waals surface area contributed by atoms with Gasteiger partial charge in [-0.3, -0.25) is 0 Å². The van der Waals surface area contributed by atoms with Crippen LogP contribution in [0.1, 0.15) is 18.1 Å². The summed E-state index contributed by atoms with van der Waals surface area (Å²) >= 11 is 0. The maximum Gasteiger partial charge on any atom is 0.333 e. The van der Waals surface area contributed by atoms with Crippen LogP contribution in [0.3, 0.4) is 0 Å². The smallest absolute Gasteiger partial charge is 0.333 e. The second-order valence-electron chi connectivity index (χ2n) is 3.49. The molecule has 0 unspecified atom stereocenters. The average molecular weight is 204 g/mol. The molecule has 0 amide bonds. The van der Waals surface area contributed by atoms with E-state index in [-0.39, 0.29) is 5.97 Å². The number of carbonyl (C=O) groups is 1. The first-order valence-corrected chi connectivity index (χ1v) is 5.04. The van der Waals surface area contributed by atoms with Gasteiger partial charge < -0.3 is 4.74 Å². The van der Waals surface area contributed by atoms with Gasteiger partial charge in [0.2, 0.25) is 0 Å². The molecule has 0 atom stereocenters. The van der Waals surface area contributed by atoms with E-state index in [9.17, 15) is 4.79 Å². The van der Waals surface area contributed by atoms with Crippen molar-refractivity contribution in [1.29, 1.82) is 0 Å². The summed E-state index contributed by atoms with van der Waals surface area (Å²) in [6.45, 7) is 7.93. The Kier molecular flexibility index (Phi) is 4.10. The molecule has 0 radical (unpaired) electrons. The normalized spacial score (nSPS) is 9.73. The standard InChI is InChI=1S/C13H16O2/c1-4-15-13(14)11(3)9-12-7-5-6-10(2)8-12/h5-8H,3-4,9H2,1-2H3. The molecule has 2 heteroatoms. The average Bonchev–Trinajstić information content (AvgIpc) is 2.18. The van der Waals surface area contributed by atoms with Crippen LogP contribution in [0, 0.1) is 6.92 Å². The first-order valence-electron chi connectivity index (χ1n) is 5.04. The van der Waals surface area contributed by atoms with Gasteiger partial charge in [-0.2, -0.15) is 0 Å². The van der Waals surface area contributed by atoms with Crippen LogP contribution in [-0.4, -0.2) is 12.6 Å². The monoisotopic (exact) mass is 204 g/mol. The van der Waals surface area contributed by atoms with Gasteiger partial charge in [0.25, 0.3) is 0 Å². The molecule has 0 saturated carbocycles. The molecule has 2 nitrogen and oxygen atoms in total. The molecule has 0 aromatic heterocycles. The van der Waals surface area contributed by atoms with E-state index < -0.39 is 0 Å². The highest BCUT2D eigenvalue weighted by atomic mass is 16.5. The molecule has 0 heterocycles. The van der Waals surface area contributed by atoms with E-state index in [1.807, 2.05) is 31.2 Å². The lowest BCUT2D eigenvalue weighted by Gasteiger charge is -2.05. The molecule has 0 spiro atoms. The van der Waals surface area contributed by atoms with Gasteiger partial charge in [-0.1, -0.05) is 36.4 Å². The molecule has 0 aliphatic rings. The molecule has 0 aliphatic heterocycles. The van der Waals surface area contributed by atoms with E-state index in [2.05, 4.69) is 6.58 Å². The Bertz CT molecular complexity index is 367. The summed E-state index contributed by atoms with van der Waals surface area (Å²) in [5, 5.41) is 0. The third-order valence-corrected chi connectivity index (χ3v) is 2.06. The van der Waals surface area contributed by atoms with Crippen LogP contribution in [-0.2, 0) is 16.0 Å². The fourth-order valence-electron chi connectivity index (χ4n) is 1.37. The Morgan fingerprint density at radius 2 is 2.20 bits per heavy atom. The number of hydrogen-bond donors (Lipinski definition) is 0. The number of carbonyl (C=O) groups excluding carboxylic acids is 1. The third-order valence-electron chi connectivity index (χ3n) is 2.06. The van der Waals surface area contributed by atoms with Crippen LogP contribution in [0.25, 0.3) is 0 Å². The molecule has 15 heavy (non-hydrogen) atoms. The van der Waals surface area contributed by atoms with E-state index in [1.54, 1.807) is 6.92 Å². The summed E-state index contributed by atoms with van der Waals surface area (Å²) in [4.78, 5) is 11.3. The highest BCUT2D eigenvalue weighted by molar-refractivity contribution is 5.88. The fourth-order valence-corrected chi connectivity index (χ4v) is 1.37. The topological polar surface area (TPSA) is 26.3 Å². The fraction of sp³-hybridized carbons (Fsp3) is 0.308. The number of hydrogen-bond acceptors (Lipinski definition) is 2. The van der Waals surface area contributed by atoms with Crippen LogP contribution >= 0.6 is 0 Å². The Labute approximate surface area is 90.6 Å². The highest BCUT2D eigenvalue weighted by Crippen LogP contribution is 2.10. The molecule has 1 rings (SSSR count). The number of rotatable bonds is 4. The lowest BCUT2D eigenvalue weighted by Crippen LogP contribution is -2.08. The zero-order chi connectivity index (χ0) is 11.3. The van der Waals surface area contributed by atoms with Crippen molar-refractivity contribution in [2.75, 3.05) is 6.61 Å². The second-order valence-corrected chi connectivity index (χ2v) is 3.49. The molecule has 0 bridgehead atoms. The van der Waals surface area contributed by atoms with E-state index in [4.69, 9.17) is 4.74 Å². The number of esters is 1. The van der Waals surface area contributed by atoms with Crippen LogP contribution in [0.4, 0.5) is 0 Å². The first-order chi connectivity index (χ1) is 7.13. The van der Waals surface area contributed by atoms with Crippen LogP contribution in [0.2, 0.25) is 0 Å². The largest absolute Gasteiger partial charge is 0.463 e. The third kappa shape index (κ3) is 3.58. The van der Waals surface area contributed by atoms with Gasteiger partial charge in [-0.25, -0.2) is 4.79 Å². The molecule has 1 aromatic rings. The summed E-state index contributed by atoms with van der Waals surface area (Å²) < 4.78 is 4.87. The summed E-state index contributed by atoms with van der Waals surface area (Å²) in [6, 6.07) is 8.03. The first kappa shape index (κ1) is 11.5. The Hall–Kier alpha value is -1.57. The maximum atomic E-state index is 11.3. The van der Waals surface area contributed by atoms with Gasteiger partial charge in [-0.15, -0.1) is 0 Å². The molecule has 80 valence electrons. The van der Waals surface area contributed by atoms with Crippen molar-refractivity contribution in [2.45, 2.75) is 20.3 Å². The number of ether oxygens (including phenoxy) is 1. The van der Waals surface area contributed by atoms with Crippen LogP contribution < -0.4 is 0 Å². The number of benzene rings is 1. The lowest BCUT2D eigenvalue weighted by atomic mass is 10.0.